The molecule has 1 aliphatic rings. The third-order valence-electron chi connectivity index (χ3n) is 6.07. The molecule has 4 rings (SSSR count). The molecule has 0 N–H and O–H groups in total. The van der Waals surface area contributed by atoms with Gasteiger partial charge in [-0.15, -0.1) is 0 Å². The Morgan fingerprint density at radius 2 is 1.86 bits per heavy atom. The maximum absolute atomic E-state index is 13.4. The molecule has 35 heavy (non-hydrogen) atoms. The molecule has 3 aromatic rings. The minimum atomic E-state index is -0.663. The molecule has 3 aromatic heterocycles. The van der Waals surface area contributed by atoms with Crippen LogP contribution in [-0.4, -0.2) is 58.3 Å². The average molecular weight is 485 g/mol. The fraction of sp³-hybridized carbons (Fsp3) is 0.520. The maximum atomic E-state index is 13.4. The number of pyridine rings is 1. The number of furan rings is 1. The Morgan fingerprint density at radius 3 is 2.46 bits per heavy atom. The number of carbonyl (C=O) groups excluding carboxylic acids is 2. The van der Waals surface area contributed by atoms with Gasteiger partial charge < -0.3 is 18.6 Å². The van der Waals surface area contributed by atoms with Gasteiger partial charge in [0.15, 0.2) is 0 Å². The SMILES string of the molecule is CCOC(=O)c1oc2nc(C)c(-c3cnn(C)c3)cc2c1N(C(=O)OCC)[C@H]1C[C@@H](C)O[C@@H](C)C1. The molecule has 3 atom stereocenters. The molecule has 0 unspecified atom stereocenters. The highest BCUT2D eigenvalue weighted by molar-refractivity contribution is 6.09. The van der Waals surface area contributed by atoms with E-state index in [-0.39, 0.29) is 42.9 Å². The zero-order chi connectivity index (χ0) is 25.3. The van der Waals surface area contributed by atoms with Crippen LogP contribution in [0, 0.1) is 6.92 Å². The predicted molar refractivity (Wildman–Crippen MR) is 129 cm³/mol. The molecule has 1 aliphatic heterocycles. The summed E-state index contributed by atoms with van der Waals surface area (Å²) in [5, 5.41) is 4.79. The van der Waals surface area contributed by atoms with E-state index in [1.165, 1.54) is 4.90 Å². The van der Waals surface area contributed by atoms with Crippen LogP contribution in [0.4, 0.5) is 10.5 Å². The van der Waals surface area contributed by atoms with Crippen molar-refractivity contribution in [1.29, 1.82) is 0 Å². The molecule has 1 fully saturated rings. The second-order valence-corrected chi connectivity index (χ2v) is 8.83. The number of carbonyl (C=O) groups is 2. The predicted octanol–water partition coefficient (Wildman–Crippen LogP) is 4.63. The number of amides is 1. The number of hydrogen-bond donors (Lipinski definition) is 0. The van der Waals surface area contributed by atoms with E-state index in [1.807, 2.05) is 40.1 Å². The summed E-state index contributed by atoms with van der Waals surface area (Å²) < 4.78 is 24.3. The molecular weight excluding hydrogens is 452 g/mol. The summed E-state index contributed by atoms with van der Waals surface area (Å²) in [4.78, 5) is 32.6. The molecule has 0 spiro atoms. The van der Waals surface area contributed by atoms with Gasteiger partial charge in [0.2, 0.25) is 11.5 Å². The van der Waals surface area contributed by atoms with Crippen molar-refractivity contribution < 1.29 is 28.2 Å². The summed E-state index contributed by atoms with van der Waals surface area (Å²) in [7, 11) is 1.84. The third-order valence-corrected chi connectivity index (χ3v) is 6.07. The Morgan fingerprint density at radius 1 is 1.17 bits per heavy atom. The van der Waals surface area contributed by atoms with Crippen molar-refractivity contribution in [2.75, 3.05) is 18.1 Å². The van der Waals surface area contributed by atoms with Crippen molar-refractivity contribution in [3.05, 3.63) is 29.9 Å². The number of ether oxygens (including phenoxy) is 3. The van der Waals surface area contributed by atoms with Crippen LogP contribution in [0.3, 0.4) is 0 Å². The van der Waals surface area contributed by atoms with Crippen molar-refractivity contribution in [3.8, 4) is 11.1 Å². The van der Waals surface area contributed by atoms with E-state index < -0.39 is 12.1 Å². The molecule has 4 heterocycles. The summed E-state index contributed by atoms with van der Waals surface area (Å²) in [6.45, 7) is 9.61. The highest BCUT2D eigenvalue weighted by Crippen LogP contribution is 2.40. The minimum absolute atomic E-state index is 0.0723. The van der Waals surface area contributed by atoms with Gasteiger partial charge in [0.05, 0.1) is 37.0 Å². The Hall–Kier alpha value is -3.40. The number of aromatic nitrogens is 3. The fourth-order valence-corrected chi connectivity index (χ4v) is 4.72. The topological polar surface area (TPSA) is 109 Å². The number of esters is 1. The summed E-state index contributed by atoms with van der Waals surface area (Å²) >= 11 is 0. The van der Waals surface area contributed by atoms with Crippen LogP contribution in [0.5, 0.6) is 0 Å². The minimum Gasteiger partial charge on any atom is -0.460 e. The molecule has 0 aliphatic carbocycles. The van der Waals surface area contributed by atoms with Crippen molar-refractivity contribution in [2.45, 2.75) is 65.7 Å². The average Bonchev–Trinajstić information content (AvgIpc) is 3.37. The van der Waals surface area contributed by atoms with Gasteiger partial charge in [-0.25, -0.2) is 14.6 Å². The summed E-state index contributed by atoms with van der Waals surface area (Å²) in [6, 6.07) is 1.61. The highest BCUT2D eigenvalue weighted by Gasteiger charge is 2.39. The van der Waals surface area contributed by atoms with Gasteiger partial charge in [0, 0.05) is 36.1 Å². The van der Waals surface area contributed by atoms with E-state index in [2.05, 4.69) is 10.1 Å². The zero-order valence-electron chi connectivity index (χ0n) is 21.0. The number of fused-ring (bicyclic) bond motifs is 1. The Kier molecular flexibility index (Phi) is 7.11. The van der Waals surface area contributed by atoms with Crippen molar-refractivity contribution in [1.82, 2.24) is 14.8 Å². The molecule has 0 bridgehead atoms. The van der Waals surface area contributed by atoms with E-state index in [0.29, 0.717) is 29.6 Å². The lowest BCUT2D eigenvalue weighted by Gasteiger charge is -2.38. The van der Waals surface area contributed by atoms with Gasteiger partial charge >= 0.3 is 12.1 Å². The second kappa shape index (κ2) is 10.1. The number of aryl methyl sites for hydroxylation is 2. The summed E-state index contributed by atoms with van der Waals surface area (Å²) in [5.41, 5.74) is 2.94. The van der Waals surface area contributed by atoms with Gasteiger partial charge in [0.1, 0.15) is 5.69 Å². The molecule has 10 nitrogen and oxygen atoms in total. The Balaban J connectivity index is 1.96. The molecule has 0 aromatic carbocycles. The van der Waals surface area contributed by atoms with E-state index in [0.717, 1.165) is 11.1 Å². The first-order chi connectivity index (χ1) is 16.7. The first-order valence-electron chi connectivity index (χ1n) is 11.9. The summed E-state index contributed by atoms with van der Waals surface area (Å²) in [6.07, 6.45) is 4.07. The number of rotatable bonds is 6. The number of hydrogen-bond acceptors (Lipinski definition) is 8. The molecule has 0 saturated carbocycles. The van der Waals surface area contributed by atoms with Crippen LogP contribution in [-0.2, 0) is 21.3 Å². The fourth-order valence-electron chi connectivity index (χ4n) is 4.72. The molecular formula is C25H32N4O6. The van der Waals surface area contributed by atoms with Crippen molar-refractivity contribution in [2.24, 2.45) is 7.05 Å². The lowest BCUT2D eigenvalue weighted by molar-refractivity contribution is -0.0374. The van der Waals surface area contributed by atoms with E-state index in [1.54, 1.807) is 24.7 Å². The molecule has 188 valence electrons. The smallest absolute Gasteiger partial charge is 0.414 e. The summed E-state index contributed by atoms with van der Waals surface area (Å²) in [5.74, 6) is -0.736. The van der Waals surface area contributed by atoms with Crippen LogP contribution >= 0.6 is 0 Å². The van der Waals surface area contributed by atoms with Crippen LogP contribution < -0.4 is 4.90 Å². The van der Waals surface area contributed by atoms with Crippen LogP contribution in [0.2, 0.25) is 0 Å². The lowest BCUT2D eigenvalue weighted by atomic mass is 9.97. The van der Waals surface area contributed by atoms with Gasteiger partial charge in [-0.2, -0.15) is 5.10 Å². The molecule has 0 radical (unpaired) electrons. The molecule has 1 amide bonds. The number of nitrogens with zero attached hydrogens (tertiary/aromatic N) is 4. The Labute approximate surface area is 204 Å². The van der Waals surface area contributed by atoms with Crippen molar-refractivity contribution >= 4 is 28.8 Å². The molecule has 10 heteroatoms. The Bertz CT molecular complexity index is 1220. The number of anilines is 1. The van der Waals surface area contributed by atoms with Gasteiger partial charge in [-0.3, -0.25) is 9.58 Å². The van der Waals surface area contributed by atoms with Gasteiger partial charge in [-0.1, -0.05) is 0 Å². The van der Waals surface area contributed by atoms with Gasteiger partial charge in [-0.05, 0) is 53.5 Å². The van der Waals surface area contributed by atoms with E-state index in [9.17, 15) is 9.59 Å². The zero-order valence-corrected chi connectivity index (χ0v) is 21.0. The molecule has 1 saturated heterocycles. The largest absolute Gasteiger partial charge is 0.460 e. The third kappa shape index (κ3) is 4.88. The van der Waals surface area contributed by atoms with E-state index in [4.69, 9.17) is 18.6 Å². The lowest BCUT2D eigenvalue weighted by Crippen LogP contribution is -2.48. The van der Waals surface area contributed by atoms with Crippen LogP contribution in [0.25, 0.3) is 22.2 Å². The van der Waals surface area contributed by atoms with Crippen LogP contribution in [0.1, 0.15) is 56.8 Å². The monoisotopic (exact) mass is 484 g/mol. The standard InChI is InChI=1S/C25H32N4O6/c1-7-32-24(30)22-21(29(25(31)33-8-2)18-9-14(3)34-15(4)10-18)20-11-19(16(5)27-23(20)35-22)17-12-26-28(6)13-17/h11-15,18H,7-10H2,1-6H3/t14-,15+,18+. The quantitative estimate of drug-likeness (QED) is 0.466. The highest BCUT2D eigenvalue weighted by atomic mass is 16.6. The normalized spacial score (nSPS) is 20.1. The van der Waals surface area contributed by atoms with Crippen LogP contribution in [0.15, 0.2) is 22.9 Å². The first-order valence-corrected chi connectivity index (χ1v) is 11.9. The van der Waals surface area contributed by atoms with Gasteiger partial charge in [0.25, 0.3) is 0 Å². The maximum Gasteiger partial charge on any atom is 0.414 e. The first kappa shape index (κ1) is 24.7. The second-order valence-electron chi connectivity index (χ2n) is 8.83. The van der Waals surface area contributed by atoms with Crippen molar-refractivity contribution in [3.63, 3.8) is 0 Å². The van der Waals surface area contributed by atoms with E-state index >= 15 is 0 Å².